The van der Waals surface area contributed by atoms with Gasteiger partial charge < -0.3 is 4.74 Å². The van der Waals surface area contributed by atoms with Crippen LogP contribution < -0.4 is 0 Å². The normalized spacial score (nSPS) is 12.1. The molecule has 0 radical (unpaired) electrons. The van der Waals surface area contributed by atoms with E-state index in [0.29, 0.717) is 18.6 Å². The Kier molecular flexibility index (Phi) is 5.97. The Bertz CT molecular complexity index is 195. The Labute approximate surface area is 73.1 Å². The van der Waals surface area contributed by atoms with Gasteiger partial charge in [0, 0.05) is 19.7 Å². The highest BCUT2D eigenvalue weighted by molar-refractivity contribution is 6.12. The molecule has 0 aromatic rings. The van der Waals surface area contributed by atoms with Crippen LogP contribution in [0, 0.1) is 0 Å². The summed E-state index contributed by atoms with van der Waals surface area (Å²) in [5.74, 6) is 0.0500. The Morgan fingerprint density at radius 3 is 2.58 bits per heavy atom. The quantitative estimate of drug-likeness (QED) is 0.356. The number of ketones is 1. The molecule has 3 heteroatoms. The molecule has 0 aromatic carbocycles. The molecule has 68 valence electrons. The Hall–Kier alpha value is -1.12. The second kappa shape index (κ2) is 6.58. The summed E-state index contributed by atoms with van der Waals surface area (Å²) in [6.07, 6.45) is 3.45. The van der Waals surface area contributed by atoms with Gasteiger partial charge in [0.15, 0.2) is 5.78 Å². The summed E-state index contributed by atoms with van der Waals surface area (Å²) < 4.78 is 5.00. The number of carbonyl (C=O) groups excluding carboxylic acids is 1. The van der Waals surface area contributed by atoms with Crippen LogP contribution in [0.4, 0.5) is 0 Å². The molecule has 0 aliphatic carbocycles. The number of Topliss-reactive ketones (excluding diaryl/α,β-unsaturated/α-hetero) is 1. The van der Waals surface area contributed by atoms with Crippen molar-refractivity contribution in [3.8, 4) is 0 Å². The molecule has 0 unspecified atom stereocenters. The van der Waals surface area contributed by atoms with Crippen LogP contribution in [0.25, 0.3) is 0 Å². The van der Waals surface area contributed by atoms with E-state index in [2.05, 4.69) is 4.99 Å². The van der Waals surface area contributed by atoms with E-state index in [1.54, 1.807) is 7.05 Å². The smallest absolute Gasteiger partial charge is 0.167 e. The van der Waals surface area contributed by atoms with Gasteiger partial charge in [-0.1, -0.05) is 6.92 Å². The molecule has 3 nitrogen and oxygen atoms in total. The van der Waals surface area contributed by atoms with Gasteiger partial charge >= 0.3 is 0 Å². The molecule has 0 aromatic heterocycles. The van der Waals surface area contributed by atoms with Crippen LogP contribution in [0.15, 0.2) is 16.8 Å². The van der Waals surface area contributed by atoms with Crippen molar-refractivity contribution in [1.82, 2.24) is 0 Å². The minimum atomic E-state index is 0.0500. The highest BCUT2D eigenvalue weighted by atomic mass is 16.5. The van der Waals surface area contributed by atoms with Crippen LogP contribution in [-0.2, 0) is 9.53 Å². The second-order valence-corrected chi connectivity index (χ2v) is 2.19. The van der Waals surface area contributed by atoms with Gasteiger partial charge in [0.05, 0.1) is 18.4 Å². The van der Waals surface area contributed by atoms with E-state index in [1.807, 2.05) is 13.8 Å². The Morgan fingerprint density at radius 1 is 1.50 bits per heavy atom. The maximum atomic E-state index is 11.2. The van der Waals surface area contributed by atoms with Crippen LogP contribution in [-0.4, -0.2) is 25.7 Å². The second-order valence-electron chi connectivity index (χ2n) is 2.19. The number of nitrogens with zero attached hydrogens (tertiary/aromatic N) is 1. The van der Waals surface area contributed by atoms with Gasteiger partial charge in [-0.15, -0.1) is 0 Å². The molecule has 12 heavy (non-hydrogen) atoms. The first-order valence-corrected chi connectivity index (χ1v) is 4.03. The minimum absolute atomic E-state index is 0.0500. The Balaban J connectivity index is 4.31. The summed E-state index contributed by atoms with van der Waals surface area (Å²) in [5, 5.41) is 0. The van der Waals surface area contributed by atoms with Crippen molar-refractivity contribution in [2.75, 3.05) is 13.7 Å². The lowest BCUT2D eigenvalue weighted by Gasteiger charge is -1.98. The maximum absolute atomic E-state index is 11.2. The third-order valence-corrected chi connectivity index (χ3v) is 1.29. The van der Waals surface area contributed by atoms with Gasteiger partial charge in [-0.05, 0) is 6.92 Å². The van der Waals surface area contributed by atoms with Crippen molar-refractivity contribution < 1.29 is 9.53 Å². The van der Waals surface area contributed by atoms with Gasteiger partial charge in [-0.25, -0.2) is 0 Å². The van der Waals surface area contributed by atoms with Crippen LogP contribution >= 0.6 is 0 Å². The van der Waals surface area contributed by atoms with E-state index >= 15 is 0 Å². The van der Waals surface area contributed by atoms with Crippen molar-refractivity contribution in [2.24, 2.45) is 4.99 Å². The van der Waals surface area contributed by atoms with Crippen LogP contribution in [0.2, 0.25) is 0 Å². The SMILES string of the molecule is CCO/C=C(\C=NC)C(=O)CC. The van der Waals surface area contributed by atoms with Gasteiger partial charge in [0.1, 0.15) is 0 Å². The number of aliphatic imine (C=N–C) groups is 1. The summed E-state index contributed by atoms with van der Waals surface area (Å²) in [7, 11) is 1.63. The van der Waals surface area contributed by atoms with E-state index in [9.17, 15) is 4.79 Å². The predicted molar refractivity (Wildman–Crippen MR) is 49.4 cm³/mol. The van der Waals surface area contributed by atoms with E-state index in [0.717, 1.165) is 0 Å². The topological polar surface area (TPSA) is 38.7 Å². The zero-order valence-corrected chi connectivity index (χ0v) is 7.83. The first-order valence-electron chi connectivity index (χ1n) is 4.03. The van der Waals surface area contributed by atoms with Crippen LogP contribution in [0.3, 0.4) is 0 Å². The molecule has 0 saturated carbocycles. The largest absolute Gasteiger partial charge is 0.501 e. The van der Waals surface area contributed by atoms with E-state index in [-0.39, 0.29) is 5.78 Å². The molecule has 0 bridgehead atoms. The third-order valence-electron chi connectivity index (χ3n) is 1.29. The van der Waals surface area contributed by atoms with Crippen LogP contribution in [0.1, 0.15) is 20.3 Å². The molecule has 0 heterocycles. The zero-order valence-electron chi connectivity index (χ0n) is 7.83. The van der Waals surface area contributed by atoms with E-state index in [4.69, 9.17) is 4.74 Å². The monoisotopic (exact) mass is 169 g/mol. The van der Waals surface area contributed by atoms with Gasteiger partial charge in [0.25, 0.3) is 0 Å². The molecular formula is C9H15NO2. The van der Waals surface area contributed by atoms with Crippen molar-refractivity contribution in [2.45, 2.75) is 20.3 Å². The molecule has 0 saturated heterocycles. The number of hydrogen-bond acceptors (Lipinski definition) is 3. The average Bonchev–Trinajstić information content (AvgIpc) is 2.11. The molecule has 0 amide bonds. The molecule has 0 rings (SSSR count). The summed E-state index contributed by atoms with van der Waals surface area (Å²) in [5.41, 5.74) is 0.529. The fourth-order valence-corrected chi connectivity index (χ4v) is 0.684. The fourth-order valence-electron chi connectivity index (χ4n) is 0.684. The number of rotatable bonds is 5. The van der Waals surface area contributed by atoms with Gasteiger partial charge in [-0.3, -0.25) is 9.79 Å². The fraction of sp³-hybridized carbons (Fsp3) is 0.556. The molecule has 0 aliphatic rings. The van der Waals surface area contributed by atoms with Crippen molar-refractivity contribution in [1.29, 1.82) is 0 Å². The molecule has 0 atom stereocenters. The lowest BCUT2D eigenvalue weighted by atomic mass is 10.1. The van der Waals surface area contributed by atoms with Crippen molar-refractivity contribution in [3.05, 3.63) is 11.8 Å². The standard InChI is InChI=1S/C9H15NO2/c1-4-9(11)8(6-10-3)7-12-5-2/h6-7H,4-5H2,1-3H3/b8-7+,10-6?. The third kappa shape index (κ3) is 3.91. The first-order chi connectivity index (χ1) is 5.76. The average molecular weight is 169 g/mol. The molecule has 0 N–H and O–H groups in total. The summed E-state index contributed by atoms with van der Waals surface area (Å²) in [6, 6.07) is 0. The highest BCUT2D eigenvalue weighted by Gasteiger charge is 2.03. The van der Waals surface area contributed by atoms with Crippen LogP contribution in [0.5, 0.6) is 0 Å². The van der Waals surface area contributed by atoms with Gasteiger partial charge in [-0.2, -0.15) is 0 Å². The number of hydrogen-bond donors (Lipinski definition) is 0. The number of carbonyl (C=O) groups is 1. The van der Waals surface area contributed by atoms with Crippen molar-refractivity contribution in [3.63, 3.8) is 0 Å². The Morgan fingerprint density at radius 2 is 2.17 bits per heavy atom. The molecule has 0 fully saturated rings. The van der Waals surface area contributed by atoms with E-state index < -0.39 is 0 Å². The summed E-state index contributed by atoms with van der Waals surface area (Å²) in [4.78, 5) is 14.9. The van der Waals surface area contributed by atoms with Gasteiger partial charge in [0.2, 0.25) is 0 Å². The van der Waals surface area contributed by atoms with Crippen molar-refractivity contribution >= 4 is 12.0 Å². The first kappa shape index (κ1) is 10.9. The minimum Gasteiger partial charge on any atom is -0.501 e. The maximum Gasteiger partial charge on any atom is 0.167 e. The zero-order chi connectivity index (χ0) is 9.40. The number of allylic oxidation sites excluding steroid dienone is 1. The number of ether oxygens (including phenoxy) is 1. The predicted octanol–water partition coefficient (Wildman–Crippen LogP) is 1.59. The van der Waals surface area contributed by atoms with E-state index in [1.165, 1.54) is 12.5 Å². The lowest BCUT2D eigenvalue weighted by Crippen LogP contribution is -2.02. The molecular weight excluding hydrogens is 154 g/mol. The lowest BCUT2D eigenvalue weighted by molar-refractivity contribution is -0.114. The summed E-state index contributed by atoms with van der Waals surface area (Å²) in [6.45, 7) is 4.25. The summed E-state index contributed by atoms with van der Waals surface area (Å²) >= 11 is 0. The molecule has 0 aliphatic heterocycles. The molecule has 0 spiro atoms. The highest BCUT2D eigenvalue weighted by Crippen LogP contribution is 1.97.